The Balaban J connectivity index is 1.45. The highest BCUT2D eigenvalue weighted by atomic mass is 32.2. The van der Waals surface area contributed by atoms with Crippen molar-refractivity contribution in [2.45, 2.75) is 25.4 Å². The maximum Gasteiger partial charge on any atom is 0.223 e. The van der Waals surface area contributed by atoms with Crippen LogP contribution in [0, 0.1) is 0 Å². The van der Waals surface area contributed by atoms with Crippen molar-refractivity contribution in [1.82, 2.24) is 24.1 Å². The van der Waals surface area contributed by atoms with Crippen LogP contribution in [0.25, 0.3) is 11.3 Å². The first kappa shape index (κ1) is 20.3. The van der Waals surface area contributed by atoms with E-state index in [1.54, 1.807) is 23.1 Å². The van der Waals surface area contributed by atoms with Crippen LogP contribution >= 0.6 is 0 Å². The molecule has 0 bridgehead atoms. The van der Waals surface area contributed by atoms with Gasteiger partial charge in [-0.3, -0.25) is 0 Å². The summed E-state index contributed by atoms with van der Waals surface area (Å²) in [7, 11) is -3.14. The quantitative estimate of drug-likeness (QED) is 0.616. The molecule has 0 radical (unpaired) electrons. The molecule has 4 rings (SSSR count). The molecular weight excluding hydrogens is 402 g/mol. The molecule has 2 aromatic heterocycles. The van der Waals surface area contributed by atoms with Gasteiger partial charge in [-0.1, -0.05) is 30.3 Å². The van der Waals surface area contributed by atoms with Crippen LogP contribution in [0.4, 0.5) is 11.8 Å². The number of benzene rings is 1. The fraction of sp³-hybridized carbons (Fsp3) is 0.350. The molecule has 158 valence electrons. The second-order valence-corrected chi connectivity index (χ2v) is 9.42. The van der Waals surface area contributed by atoms with Crippen molar-refractivity contribution in [3.8, 4) is 11.3 Å². The number of rotatable bonds is 6. The number of anilines is 2. The molecule has 0 spiro atoms. The molecule has 1 aliphatic heterocycles. The van der Waals surface area contributed by atoms with E-state index in [0.717, 1.165) is 11.1 Å². The largest absolute Gasteiger partial charge is 0.383 e. The number of nitrogen functional groups attached to an aromatic ring is 1. The van der Waals surface area contributed by atoms with E-state index in [0.29, 0.717) is 49.9 Å². The molecule has 10 heteroatoms. The van der Waals surface area contributed by atoms with Gasteiger partial charge in [0.25, 0.3) is 0 Å². The van der Waals surface area contributed by atoms with E-state index < -0.39 is 10.0 Å². The fourth-order valence-electron chi connectivity index (χ4n) is 3.57. The zero-order valence-corrected chi connectivity index (χ0v) is 17.6. The summed E-state index contributed by atoms with van der Waals surface area (Å²) in [5, 5.41) is 7.73. The van der Waals surface area contributed by atoms with Crippen LogP contribution in [0.2, 0.25) is 0 Å². The Morgan fingerprint density at radius 1 is 1.17 bits per heavy atom. The molecule has 0 saturated carbocycles. The summed E-state index contributed by atoms with van der Waals surface area (Å²) in [6, 6.07) is 11.9. The Bertz CT molecular complexity index is 1110. The minimum absolute atomic E-state index is 0.122. The number of sulfonamides is 1. The number of hydrogen-bond donors (Lipinski definition) is 2. The fourth-order valence-corrected chi connectivity index (χ4v) is 4.44. The molecule has 3 heterocycles. The summed E-state index contributed by atoms with van der Waals surface area (Å²) in [4.78, 5) is 8.91. The van der Waals surface area contributed by atoms with Gasteiger partial charge in [-0.25, -0.2) is 27.4 Å². The van der Waals surface area contributed by atoms with Crippen molar-refractivity contribution in [3.05, 3.63) is 54.4 Å². The Morgan fingerprint density at radius 2 is 1.90 bits per heavy atom. The second-order valence-electron chi connectivity index (χ2n) is 7.43. The maximum absolute atomic E-state index is 11.7. The van der Waals surface area contributed by atoms with Crippen molar-refractivity contribution in [2.75, 3.05) is 30.4 Å². The summed E-state index contributed by atoms with van der Waals surface area (Å²) >= 11 is 0. The van der Waals surface area contributed by atoms with Crippen LogP contribution in [-0.4, -0.2) is 57.9 Å². The van der Waals surface area contributed by atoms with Gasteiger partial charge in [0.2, 0.25) is 16.0 Å². The SMILES string of the molecule is CS(=O)(=O)N1CCC(Nc2nccc(-c3cnn(Cc4ccccc4)c3N)n2)CC1. The van der Waals surface area contributed by atoms with E-state index in [2.05, 4.69) is 20.4 Å². The molecule has 3 N–H and O–H groups in total. The van der Waals surface area contributed by atoms with Gasteiger partial charge in [-0.05, 0) is 24.5 Å². The highest BCUT2D eigenvalue weighted by molar-refractivity contribution is 7.88. The normalized spacial score (nSPS) is 15.9. The lowest BCUT2D eigenvalue weighted by atomic mass is 10.1. The van der Waals surface area contributed by atoms with Crippen molar-refractivity contribution in [2.24, 2.45) is 0 Å². The molecule has 0 atom stereocenters. The van der Waals surface area contributed by atoms with E-state index in [1.165, 1.54) is 10.6 Å². The van der Waals surface area contributed by atoms with Gasteiger partial charge in [-0.15, -0.1) is 0 Å². The number of hydrogen-bond acceptors (Lipinski definition) is 7. The standard InChI is InChI=1S/C20H25N7O2S/c1-30(28,29)26-11-8-16(9-12-26)24-20-22-10-7-18(25-20)17-13-23-27(19(17)21)14-15-5-3-2-4-6-15/h2-7,10,13,16H,8-9,11-12,14,21H2,1H3,(H,22,24,25). The number of nitrogens with zero attached hydrogens (tertiary/aromatic N) is 5. The molecule has 3 aromatic rings. The Morgan fingerprint density at radius 3 is 2.60 bits per heavy atom. The monoisotopic (exact) mass is 427 g/mol. The van der Waals surface area contributed by atoms with E-state index >= 15 is 0 Å². The first-order chi connectivity index (χ1) is 14.4. The molecule has 0 amide bonds. The minimum Gasteiger partial charge on any atom is -0.383 e. The number of piperidine rings is 1. The third-order valence-corrected chi connectivity index (χ3v) is 6.55. The summed E-state index contributed by atoms with van der Waals surface area (Å²) in [6.45, 7) is 1.58. The van der Waals surface area contributed by atoms with Crippen LogP contribution in [0.15, 0.2) is 48.8 Å². The second kappa shape index (κ2) is 8.41. The van der Waals surface area contributed by atoms with Crippen LogP contribution < -0.4 is 11.1 Å². The average molecular weight is 428 g/mol. The van der Waals surface area contributed by atoms with Gasteiger partial charge < -0.3 is 11.1 Å². The number of nitrogens with two attached hydrogens (primary N) is 1. The zero-order chi connectivity index (χ0) is 21.1. The van der Waals surface area contributed by atoms with Crippen LogP contribution in [0.3, 0.4) is 0 Å². The van der Waals surface area contributed by atoms with Gasteiger partial charge in [0.1, 0.15) is 5.82 Å². The minimum atomic E-state index is -3.14. The van der Waals surface area contributed by atoms with Crippen LogP contribution in [-0.2, 0) is 16.6 Å². The predicted molar refractivity (Wildman–Crippen MR) is 116 cm³/mol. The van der Waals surface area contributed by atoms with Crippen molar-refractivity contribution < 1.29 is 8.42 Å². The molecule has 30 heavy (non-hydrogen) atoms. The topological polar surface area (TPSA) is 119 Å². The number of nitrogens with one attached hydrogen (secondary N) is 1. The first-order valence-corrected chi connectivity index (χ1v) is 11.7. The van der Waals surface area contributed by atoms with Crippen molar-refractivity contribution in [3.63, 3.8) is 0 Å². The Hall–Kier alpha value is -2.98. The summed E-state index contributed by atoms with van der Waals surface area (Å²) in [5.41, 5.74) is 8.89. The van der Waals surface area contributed by atoms with E-state index in [1.807, 2.05) is 30.3 Å². The molecule has 1 saturated heterocycles. The molecule has 1 fully saturated rings. The Kier molecular flexibility index (Phi) is 5.69. The van der Waals surface area contributed by atoms with E-state index in [-0.39, 0.29) is 6.04 Å². The van der Waals surface area contributed by atoms with Gasteiger partial charge in [-0.2, -0.15) is 5.10 Å². The maximum atomic E-state index is 11.7. The summed E-state index contributed by atoms with van der Waals surface area (Å²) in [6.07, 6.45) is 6.06. The molecule has 1 aromatic carbocycles. The number of aromatic nitrogens is 4. The predicted octanol–water partition coefficient (Wildman–Crippen LogP) is 1.81. The van der Waals surface area contributed by atoms with Crippen LogP contribution in [0.5, 0.6) is 0 Å². The van der Waals surface area contributed by atoms with Gasteiger partial charge in [0.15, 0.2) is 0 Å². The van der Waals surface area contributed by atoms with Crippen molar-refractivity contribution >= 4 is 21.8 Å². The highest BCUT2D eigenvalue weighted by Crippen LogP contribution is 2.25. The zero-order valence-electron chi connectivity index (χ0n) is 16.8. The van der Waals surface area contributed by atoms with Gasteiger partial charge >= 0.3 is 0 Å². The van der Waals surface area contributed by atoms with E-state index in [9.17, 15) is 8.42 Å². The van der Waals surface area contributed by atoms with E-state index in [4.69, 9.17) is 5.73 Å². The highest BCUT2D eigenvalue weighted by Gasteiger charge is 2.25. The lowest BCUT2D eigenvalue weighted by Crippen LogP contribution is -2.42. The van der Waals surface area contributed by atoms with Gasteiger partial charge in [0, 0.05) is 25.3 Å². The summed E-state index contributed by atoms with van der Waals surface area (Å²) in [5.74, 6) is 1.05. The third-order valence-electron chi connectivity index (χ3n) is 5.24. The lowest BCUT2D eigenvalue weighted by Gasteiger charge is -2.30. The lowest BCUT2D eigenvalue weighted by molar-refractivity contribution is 0.331. The Labute approximate surface area is 176 Å². The third kappa shape index (κ3) is 4.60. The smallest absolute Gasteiger partial charge is 0.223 e. The molecule has 0 aliphatic carbocycles. The summed E-state index contributed by atoms with van der Waals surface area (Å²) < 4.78 is 26.6. The molecule has 9 nitrogen and oxygen atoms in total. The van der Waals surface area contributed by atoms with Gasteiger partial charge in [0.05, 0.1) is 30.3 Å². The van der Waals surface area contributed by atoms with Crippen LogP contribution in [0.1, 0.15) is 18.4 Å². The van der Waals surface area contributed by atoms with Crippen molar-refractivity contribution in [1.29, 1.82) is 0 Å². The average Bonchev–Trinajstić information content (AvgIpc) is 3.09. The molecule has 1 aliphatic rings. The molecular formula is C20H25N7O2S. The first-order valence-electron chi connectivity index (χ1n) is 9.80. The molecule has 0 unspecified atom stereocenters.